The Balaban J connectivity index is 2.05. The van der Waals surface area contributed by atoms with Gasteiger partial charge in [0, 0.05) is 0 Å². The number of benzene rings is 1. The molecule has 1 fully saturated rings. The van der Waals surface area contributed by atoms with Crippen LogP contribution >= 0.6 is 0 Å². The standard InChI is InChI=1S/C15H23N/c1-11-4-5-14(8-12(11)2)9-15-6-7-16-10-13(15)3/h4-5,8,13,15-16H,6-7,9-10H2,1-3H3. The fourth-order valence-electron chi connectivity index (χ4n) is 2.60. The summed E-state index contributed by atoms with van der Waals surface area (Å²) in [7, 11) is 0. The SMILES string of the molecule is Cc1ccc(CC2CCNCC2C)cc1C. The molecule has 0 radical (unpaired) electrons. The van der Waals surface area contributed by atoms with Crippen molar-refractivity contribution in [3.63, 3.8) is 0 Å². The van der Waals surface area contributed by atoms with Gasteiger partial charge in [0.2, 0.25) is 0 Å². The average molecular weight is 217 g/mol. The van der Waals surface area contributed by atoms with E-state index in [1.165, 1.54) is 42.6 Å². The van der Waals surface area contributed by atoms with Crippen LogP contribution in [0, 0.1) is 25.7 Å². The molecule has 0 bridgehead atoms. The maximum Gasteiger partial charge on any atom is -0.00204 e. The van der Waals surface area contributed by atoms with Crippen LogP contribution in [-0.2, 0) is 6.42 Å². The van der Waals surface area contributed by atoms with Crippen molar-refractivity contribution >= 4 is 0 Å². The maximum absolute atomic E-state index is 3.47. The Kier molecular flexibility index (Phi) is 3.65. The van der Waals surface area contributed by atoms with Gasteiger partial charge in [-0.3, -0.25) is 0 Å². The predicted molar refractivity (Wildman–Crippen MR) is 69.8 cm³/mol. The van der Waals surface area contributed by atoms with Crippen molar-refractivity contribution in [2.75, 3.05) is 13.1 Å². The second kappa shape index (κ2) is 5.01. The molecule has 16 heavy (non-hydrogen) atoms. The lowest BCUT2D eigenvalue weighted by atomic mass is 9.83. The Labute approximate surface area is 99.3 Å². The van der Waals surface area contributed by atoms with Gasteiger partial charge in [-0.05, 0) is 68.3 Å². The van der Waals surface area contributed by atoms with Crippen LogP contribution in [0.2, 0.25) is 0 Å². The molecule has 1 heterocycles. The van der Waals surface area contributed by atoms with Gasteiger partial charge >= 0.3 is 0 Å². The Morgan fingerprint density at radius 2 is 2.06 bits per heavy atom. The first-order chi connectivity index (χ1) is 7.66. The number of hydrogen-bond donors (Lipinski definition) is 1. The van der Waals surface area contributed by atoms with Gasteiger partial charge in [-0.15, -0.1) is 0 Å². The summed E-state index contributed by atoms with van der Waals surface area (Å²) in [6.07, 6.45) is 2.58. The Morgan fingerprint density at radius 1 is 1.25 bits per heavy atom. The fourth-order valence-corrected chi connectivity index (χ4v) is 2.60. The second-order valence-corrected chi connectivity index (χ2v) is 5.35. The highest BCUT2D eigenvalue weighted by Crippen LogP contribution is 2.24. The summed E-state index contributed by atoms with van der Waals surface area (Å²) in [5.74, 6) is 1.68. The van der Waals surface area contributed by atoms with E-state index in [1.54, 1.807) is 0 Å². The zero-order valence-electron chi connectivity index (χ0n) is 10.7. The van der Waals surface area contributed by atoms with Crippen molar-refractivity contribution in [1.29, 1.82) is 0 Å². The lowest BCUT2D eigenvalue weighted by Crippen LogP contribution is -2.35. The number of aryl methyl sites for hydroxylation is 2. The molecule has 2 atom stereocenters. The highest BCUT2D eigenvalue weighted by atomic mass is 14.9. The molecule has 1 aromatic carbocycles. The molecule has 0 spiro atoms. The number of nitrogens with one attached hydrogen (secondary N) is 1. The minimum Gasteiger partial charge on any atom is -0.316 e. The van der Waals surface area contributed by atoms with Crippen LogP contribution in [0.1, 0.15) is 30.0 Å². The summed E-state index contributed by atoms with van der Waals surface area (Å²) in [4.78, 5) is 0. The molecule has 1 aliphatic heterocycles. The van der Waals surface area contributed by atoms with Crippen molar-refractivity contribution in [2.45, 2.75) is 33.6 Å². The van der Waals surface area contributed by atoms with Crippen LogP contribution in [-0.4, -0.2) is 13.1 Å². The molecular formula is C15H23N. The van der Waals surface area contributed by atoms with E-state index in [4.69, 9.17) is 0 Å². The molecule has 2 rings (SSSR count). The zero-order valence-corrected chi connectivity index (χ0v) is 10.7. The zero-order chi connectivity index (χ0) is 11.5. The first kappa shape index (κ1) is 11.7. The van der Waals surface area contributed by atoms with E-state index in [9.17, 15) is 0 Å². The Hall–Kier alpha value is -0.820. The molecule has 88 valence electrons. The predicted octanol–water partition coefficient (Wildman–Crippen LogP) is 3.09. The average Bonchev–Trinajstić information content (AvgIpc) is 2.27. The van der Waals surface area contributed by atoms with Gasteiger partial charge in [-0.1, -0.05) is 25.1 Å². The molecule has 1 aliphatic rings. The van der Waals surface area contributed by atoms with Crippen LogP contribution in [0.5, 0.6) is 0 Å². The van der Waals surface area contributed by atoms with Gasteiger partial charge in [-0.25, -0.2) is 0 Å². The van der Waals surface area contributed by atoms with Gasteiger partial charge in [-0.2, -0.15) is 0 Å². The van der Waals surface area contributed by atoms with E-state index >= 15 is 0 Å². The molecule has 0 saturated carbocycles. The normalized spacial score (nSPS) is 25.7. The number of piperidine rings is 1. The molecule has 0 aromatic heterocycles. The number of hydrogen-bond acceptors (Lipinski definition) is 1. The quantitative estimate of drug-likeness (QED) is 0.802. The monoisotopic (exact) mass is 217 g/mol. The van der Waals surface area contributed by atoms with Gasteiger partial charge < -0.3 is 5.32 Å². The molecule has 0 aliphatic carbocycles. The summed E-state index contributed by atoms with van der Waals surface area (Å²) >= 11 is 0. The van der Waals surface area contributed by atoms with E-state index in [-0.39, 0.29) is 0 Å². The van der Waals surface area contributed by atoms with Gasteiger partial charge in [0.25, 0.3) is 0 Å². The molecule has 1 nitrogen and oxygen atoms in total. The first-order valence-corrected chi connectivity index (χ1v) is 6.43. The minimum atomic E-state index is 0.815. The van der Waals surface area contributed by atoms with Crippen molar-refractivity contribution in [2.24, 2.45) is 11.8 Å². The van der Waals surface area contributed by atoms with Crippen molar-refractivity contribution in [3.05, 3.63) is 34.9 Å². The van der Waals surface area contributed by atoms with Gasteiger partial charge in [0.15, 0.2) is 0 Å². The Bertz CT molecular complexity index is 356. The molecular weight excluding hydrogens is 194 g/mol. The lowest BCUT2D eigenvalue weighted by Gasteiger charge is -2.29. The summed E-state index contributed by atoms with van der Waals surface area (Å²) in [6, 6.07) is 6.93. The molecule has 1 heteroatoms. The fraction of sp³-hybridized carbons (Fsp3) is 0.600. The molecule has 1 aromatic rings. The maximum atomic E-state index is 3.47. The van der Waals surface area contributed by atoms with Gasteiger partial charge in [0.1, 0.15) is 0 Å². The lowest BCUT2D eigenvalue weighted by molar-refractivity contribution is 0.272. The third kappa shape index (κ3) is 2.65. The van der Waals surface area contributed by atoms with Crippen LogP contribution in [0.4, 0.5) is 0 Å². The van der Waals surface area contributed by atoms with Gasteiger partial charge in [0.05, 0.1) is 0 Å². The Morgan fingerprint density at radius 3 is 2.75 bits per heavy atom. The van der Waals surface area contributed by atoms with Crippen molar-refractivity contribution < 1.29 is 0 Å². The van der Waals surface area contributed by atoms with Crippen LogP contribution < -0.4 is 5.32 Å². The summed E-state index contributed by atoms with van der Waals surface area (Å²) in [5.41, 5.74) is 4.35. The summed E-state index contributed by atoms with van der Waals surface area (Å²) < 4.78 is 0. The van der Waals surface area contributed by atoms with Crippen LogP contribution in [0.25, 0.3) is 0 Å². The summed E-state index contributed by atoms with van der Waals surface area (Å²) in [6.45, 7) is 9.16. The highest BCUT2D eigenvalue weighted by Gasteiger charge is 2.21. The van der Waals surface area contributed by atoms with Crippen LogP contribution in [0.15, 0.2) is 18.2 Å². The third-order valence-electron chi connectivity index (χ3n) is 4.03. The third-order valence-corrected chi connectivity index (χ3v) is 4.03. The number of rotatable bonds is 2. The topological polar surface area (TPSA) is 12.0 Å². The minimum absolute atomic E-state index is 0.815. The molecule has 0 amide bonds. The highest BCUT2D eigenvalue weighted by molar-refractivity contribution is 5.30. The summed E-state index contributed by atoms with van der Waals surface area (Å²) in [5, 5.41) is 3.47. The smallest absolute Gasteiger partial charge is 0.00204 e. The molecule has 2 unspecified atom stereocenters. The van der Waals surface area contributed by atoms with E-state index in [0.717, 1.165) is 11.8 Å². The van der Waals surface area contributed by atoms with Crippen LogP contribution in [0.3, 0.4) is 0 Å². The molecule has 1 saturated heterocycles. The van der Waals surface area contributed by atoms with E-state index in [1.807, 2.05) is 0 Å². The van der Waals surface area contributed by atoms with E-state index < -0.39 is 0 Å². The van der Waals surface area contributed by atoms with Crippen molar-refractivity contribution in [1.82, 2.24) is 5.32 Å². The van der Waals surface area contributed by atoms with Crippen molar-refractivity contribution in [3.8, 4) is 0 Å². The van der Waals surface area contributed by atoms with E-state index in [0.29, 0.717) is 0 Å². The largest absolute Gasteiger partial charge is 0.316 e. The second-order valence-electron chi connectivity index (χ2n) is 5.35. The molecule has 1 N–H and O–H groups in total. The van der Waals surface area contributed by atoms with E-state index in [2.05, 4.69) is 44.3 Å². The first-order valence-electron chi connectivity index (χ1n) is 6.43.